The molecular weight excluding hydrogens is 429 g/mol. The van der Waals surface area contributed by atoms with Crippen molar-refractivity contribution in [2.45, 2.75) is 23.7 Å². The number of anilines is 1. The molecule has 0 radical (unpaired) electrons. The van der Waals surface area contributed by atoms with Crippen molar-refractivity contribution in [2.75, 3.05) is 18.0 Å². The molecule has 1 saturated heterocycles. The molecule has 1 atom stereocenters. The van der Waals surface area contributed by atoms with Gasteiger partial charge < -0.3 is 9.42 Å². The molecule has 0 bridgehead atoms. The fourth-order valence-corrected chi connectivity index (χ4v) is 4.14. The van der Waals surface area contributed by atoms with Crippen LogP contribution in [0.5, 0.6) is 0 Å². The molecule has 1 aliphatic rings. The van der Waals surface area contributed by atoms with Crippen LogP contribution in [0, 0.1) is 15.9 Å². The Bertz CT molecular complexity index is 1230. The Kier molecular flexibility index (Phi) is 5.41. The van der Waals surface area contributed by atoms with E-state index in [0.29, 0.717) is 42.5 Å². The zero-order valence-corrected chi connectivity index (χ0v) is 17.0. The number of hydrogen-bond donors (Lipinski definition) is 1. The van der Waals surface area contributed by atoms with Gasteiger partial charge in [-0.1, -0.05) is 5.16 Å². The van der Waals surface area contributed by atoms with E-state index in [1.165, 1.54) is 24.3 Å². The van der Waals surface area contributed by atoms with Gasteiger partial charge in [0.15, 0.2) is 0 Å². The predicted octanol–water partition coefficient (Wildman–Crippen LogP) is 2.82. The van der Waals surface area contributed by atoms with Gasteiger partial charge in [0, 0.05) is 24.7 Å². The SMILES string of the molecule is NS(=O)(=O)c1ccc(N2CCCC(c3nc(-c4ccc(F)cc4)no3)C2)c([N+](=O)[O-])c1. The molecule has 0 aliphatic carbocycles. The average molecular weight is 447 g/mol. The van der Waals surface area contributed by atoms with Gasteiger partial charge in [-0.25, -0.2) is 17.9 Å². The Morgan fingerprint density at radius 3 is 2.65 bits per heavy atom. The second-order valence-electron chi connectivity index (χ2n) is 7.20. The Balaban J connectivity index is 1.59. The Morgan fingerprint density at radius 2 is 1.97 bits per heavy atom. The molecule has 1 aromatic heterocycles. The first-order chi connectivity index (χ1) is 14.7. The zero-order valence-electron chi connectivity index (χ0n) is 16.1. The molecule has 3 aromatic rings. The summed E-state index contributed by atoms with van der Waals surface area (Å²) in [6.45, 7) is 0.922. The summed E-state index contributed by atoms with van der Waals surface area (Å²) in [5, 5.41) is 20.6. The molecule has 0 amide bonds. The van der Waals surface area contributed by atoms with Crippen molar-refractivity contribution < 1.29 is 22.3 Å². The fraction of sp³-hybridized carbons (Fsp3) is 0.263. The number of piperidine rings is 1. The number of halogens is 1. The van der Waals surface area contributed by atoms with E-state index in [1.54, 1.807) is 17.0 Å². The highest BCUT2D eigenvalue weighted by molar-refractivity contribution is 7.89. The lowest BCUT2D eigenvalue weighted by atomic mass is 9.97. The molecule has 0 saturated carbocycles. The van der Waals surface area contributed by atoms with Gasteiger partial charge in [0.25, 0.3) is 5.69 Å². The molecule has 2 heterocycles. The molecule has 12 heteroatoms. The van der Waals surface area contributed by atoms with E-state index in [9.17, 15) is 22.9 Å². The summed E-state index contributed by atoms with van der Waals surface area (Å²) in [5.74, 6) is 0.168. The first-order valence-electron chi connectivity index (χ1n) is 9.38. The summed E-state index contributed by atoms with van der Waals surface area (Å²) in [6, 6.07) is 9.31. The number of nitrogens with zero attached hydrogens (tertiary/aromatic N) is 4. The average Bonchev–Trinajstić information content (AvgIpc) is 3.23. The van der Waals surface area contributed by atoms with Gasteiger partial charge in [0.1, 0.15) is 11.5 Å². The van der Waals surface area contributed by atoms with E-state index in [0.717, 1.165) is 12.5 Å². The van der Waals surface area contributed by atoms with Crippen LogP contribution in [0.3, 0.4) is 0 Å². The van der Waals surface area contributed by atoms with Crippen molar-refractivity contribution in [3.05, 3.63) is 64.3 Å². The summed E-state index contributed by atoms with van der Waals surface area (Å²) in [6.07, 6.45) is 1.46. The van der Waals surface area contributed by atoms with Gasteiger partial charge in [-0.05, 0) is 49.2 Å². The van der Waals surface area contributed by atoms with Gasteiger partial charge in [-0.3, -0.25) is 10.1 Å². The number of benzene rings is 2. The van der Waals surface area contributed by atoms with E-state index in [1.807, 2.05) is 0 Å². The van der Waals surface area contributed by atoms with Crippen molar-refractivity contribution in [3.63, 3.8) is 0 Å². The van der Waals surface area contributed by atoms with Crippen LogP contribution in [0.1, 0.15) is 24.7 Å². The first-order valence-corrected chi connectivity index (χ1v) is 10.9. The molecule has 1 fully saturated rings. The second-order valence-corrected chi connectivity index (χ2v) is 8.76. The largest absolute Gasteiger partial charge is 0.365 e. The number of nitro groups is 1. The molecule has 162 valence electrons. The van der Waals surface area contributed by atoms with E-state index in [4.69, 9.17) is 9.66 Å². The van der Waals surface area contributed by atoms with Crippen LogP contribution in [0.25, 0.3) is 11.4 Å². The standard InChI is InChI=1S/C19H18FN5O5S/c20-14-5-3-12(4-6-14)18-22-19(30-23-18)13-2-1-9-24(11-13)16-8-7-15(31(21,28)29)10-17(16)25(26)27/h3-8,10,13H,1-2,9,11H2,(H2,21,28,29). The minimum Gasteiger partial charge on any atom is -0.365 e. The number of hydrogen-bond acceptors (Lipinski definition) is 8. The van der Waals surface area contributed by atoms with E-state index < -0.39 is 14.9 Å². The molecule has 2 N–H and O–H groups in total. The minimum atomic E-state index is -4.07. The van der Waals surface area contributed by atoms with Crippen molar-refractivity contribution in [1.29, 1.82) is 0 Å². The maximum atomic E-state index is 13.1. The van der Waals surface area contributed by atoms with E-state index in [2.05, 4.69) is 10.1 Å². The number of nitro benzene ring substituents is 1. The highest BCUT2D eigenvalue weighted by Gasteiger charge is 2.30. The normalized spacial score (nSPS) is 17.0. The number of rotatable bonds is 5. The van der Waals surface area contributed by atoms with Crippen molar-refractivity contribution in [2.24, 2.45) is 5.14 Å². The van der Waals surface area contributed by atoms with Crippen molar-refractivity contribution in [1.82, 2.24) is 10.1 Å². The summed E-state index contributed by atoms with van der Waals surface area (Å²) < 4.78 is 41.7. The summed E-state index contributed by atoms with van der Waals surface area (Å²) in [4.78, 5) is 16.8. The lowest BCUT2D eigenvalue weighted by molar-refractivity contribution is -0.384. The number of primary sulfonamides is 1. The Morgan fingerprint density at radius 1 is 1.23 bits per heavy atom. The van der Waals surface area contributed by atoms with Crippen LogP contribution >= 0.6 is 0 Å². The lowest BCUT2D eigenvalue weighted by Gasteiger charge is -2.32. The first kappa shape index (κ1) is 20.9. The lowest BCUT2D eigenvalue weighted by Crippen LogP contribution is -2.35. The zero-order chi connectivity index (χ0) is 22.2. The van der Waals surface area contributed by atoms with E-state index >= 15 is 0 Å². The van der Waals surface area contributed by atoms with Gasteiger partial charge in [-0.2, -0.15) is 4.98 Å². The van der Waals surface area contributed by atoms with Crippen molar-refractivity contribution in [3.8, 4) is 11.4 Å². The summed E-state index contributed by atoms with van der Waals surface area (Å²) in [7, 11) is -4.07. The van der Waals surface area contributed by atoms with E-state index in [-0.39, 0.29) is 22.3 Å². The highest BCUT2D eigenvalue weighted by Crippen LogP contribution is 2.36. The Hall–Kier alpha value is -3.38. The van der Waals surface area contributed by atoms with Gasteiger partial charge >= 0.3 is 0 Å². The molecule has 2 aromatic carbocycles. The third kappa shape index (κ3) is 4.39. The van der Waals surface area contributed by atoms with Crippen molar-refractivity contribution >= 4 is 21.4 Å². The molecule has 4 rings (SSSR count). The number of aromatic nitrogens is 2. The summed E-state index contributed by atoms with van der Waals surface area (Å²) in [5.41, 5.74) is 0.559. The third-order valence-corrected chi connectivity index (χ3v) is 6.04. The smallest absolute Gasteiger partial charge is 0.293 e. The van der Waals surface area contributed by atoms with Gasteiger partial charge in [-0.15, -0.1) is 0 Å². The third-order valence-electron chi connectivity index (χ3n) is 5.13. The van der Waals surface area contributed by atoms with Crippen LogP contribution in [-0.4, -0.2) is 36.6 Å². The quantitative estimate of drug-likeness (QED) is 0.464. The monoisotopic (exact) mass is 447 g/mol. The van der Waals surface area contributed by atoms with Gasteiger partial charge in [0.05, 0.1) is 15.7 Å². The molecule has 0 spiro atoms. The molecule has 31 heavy (non-hydrogen) atoms. The topological polar surface area (TPSA) is 145 Å². The van der Waals surface area contributed by atoms with Crippen LogP contribution in [-0.2, 0) is 10.0 Å². The fourth-order valence-electron chi connectivity index (χ4n) is 3.61. The highest BCUT2D eigenvalue weighted by atomic mass is 32.2. The molecule has 10 nitrogen and oxygen atoms in total. The minimum absolute atomic E-state index is 0.173. The second kappa shape index (κ2) is 8.04. The Labute approximate surface area is 176 Å². The van der Waals surface area contributed by atoms with Crippen LogP contribution < -0.4 is 10.0 Å². The molecule has 1 aliphatic heterocycles. The number of sulfonamides is 1. The molecule has 1 unspecified atom stereocenters. The maximum absolute atomic E-state index is 13.1. The number of nitrogens with two attached hydrogens (primary N) is 1. The maximum Gasteiger partial charge on any atom is 0.293 e. The van der Waals surface area contributed by atoms with Crippen LogP contribution in [0.4, 0.5) is 15.8 Å². The van der Waals surface area contributed by atoms with Crippen LogP contribution in [0.2, 0.25) is 0 Å². The van der Waals surface area contributed by atoms with Gasteiger partial charge in [0.2, 0.25) is 21.7 Å². The predicted molar refractivity (Wildman–Crippen MR) is 108 cm³/mol. The summed E-state index contributed by atoms with van der Waals surface area (Å²) >= 11 is 0. The van der Waals surface area contributed by atoms with Crippen LogP contribution in [0.15, 0.2) is 51.9 Å². The molecular formula is C19H18FN5O5S.